The number of ether oxygens (including phenoxy) is 1. The predicted octanol–water partition coefficient (Wildman–Crippen LogP) is 5.25. The van der Waals surface area contributed by atoms with Crippen LogP contribution in [0.2, 0.25) is 5.02 Å². The highest BCUT2D eigenvalue weighted by atomic mass is 35.5. The molecule has 5 rings (SSSR count). The van der Waals surface area contributed by atoms with Gasteiger partial charge in [0, 0.05) is 22.3 Å². The summed E-state index contributed by atoms with van der Waals surface area (Å²) in [7, 11) is -3.96. The smallest absolute Gasteiger partial charge is 0.262 e. The van der Waals surface area contributed by atoms with Crippen molar-refractivity contribution in [3.05, 3.63) is 106 Å². The van der Waals surface area contributed by atoms with Crippen molar-refractivity contribution in [2.45, 2.75) is 11.8 Å². The van der Waals surface area contributed by atoms with Crippen LogP contribution in [0.15, 0.2) is 77.7 Å². The molecule has 0 aliphatic carbocycles. The number of sulfonamides is 1. The largest absolute Gasteiger partial charge is 0.483 e. The summed E-state index contributed by atoms with van der Waals surface area (Å²) in [4.78, 5) is 25.6. The van der Waals surface area contributed by atoms with Crippen molar-refractivity contribution in [1.82, 2.24) is 15.4 Å². The number of hydrogen-bond acceptors (Lipinski definition) is 7. The summed E-state index contributed by atoms with van der Waals surface area (Å²) < 4.78 is 61.2. The molecule has 5 aromatic rings. The van der Waals surface area contributed by atoms with E-state index in [0.29, 0.717) is 34.0 Å². The molecule has 10 nitrogen and oxygen atoms in total. The number of amides is 1. The first-order valence-electron chi connectivity index (χ1n) is 12.2. The molecule has 14 heteroatoms. The van der Waals surface area contributed by atoms with Gasteiger partial charge in [-0.1, -0.05) is 11.6 Å². The van der Waals surface area contributed by atoms with Crippen molar-refractivity contribution in [1.29, 1.82) is 0 Å². The Morgan fingerprint density at radius 3 is 2.40 bits per heavy atom. The number of benzene rings is 4. The number of carbonyl (C=O) groups is 2. The molecule has 3 N–H and O–H groups in total. The van der Waals surface area contributed by atoms with Gasteiger partial charge in [0.15, 0.2) is 12.4 Å². The molecule has 42 heavy (non-hydrogen) atoms. The van der Waals surface area contributed by atoms with Gasteiger partial charge in [-0.3, -0.25) is 14.3 Å². The van der Waals surface area contributed by atoms with Crippen molar-refractivity contribution >= 4 is 55.7 Å². The van der Waals surface area contributed by atoms with Crippen LogP contribution in [0, 0.1) is 18.6 Å². The maximum atomic E-state index is 13.7. The second kappa shape index (κ2) is 11.5. The van der Waals surface area contributed by atoms with Gasteiger partial charge in [0.05, 0.1) is 16.1 Å². The van der Waals surface area contributed by atoms with Crippen LogP contribution in [0.3, 0.4) is 0 Å². The molecule has 214 valence electrons. The Labute approximate surface area is 242 Å². The van der Waals surface area contributed by atoms with Gasteiger partial charge in [0.25, 0.3) is 15.9 Å². The third-order valence-electron chi connectivity index (χ3n) is 6.02. The average Bonchev–Trinajstić information content (AvgIpc) is 3.40. The van der Waals surface area contributed by atoms with Gasteiger partial charge in [-0.2, -0.15) is 15.4 Å². The fraction of sp³-hybridized carbons (Fsp3) is 0.0714. The predicted molar refractivity (Wildman–Crippen MR) is 151 cm³/mol. The molecule has 0 fully saturated rings. The highest BCUT2D eigenvalue weighted by Crippen LogP contribution is 2.27. The van der Waals surface area contributed by atoms with Gasteiger partial charge in [-0.15, -0.1) is 0 Å². The minimum Gasteiger partial charge on any atom is -0.483 e. The number of H-pyrrole nitrogens is 1. The van der Waals surface area contributed by atoms with Gasteiger partial charge in [-0.25, -0.2) is 17.2 Å². The maximum absolute atomic E-state index is 13.7. The van der Waals surface area contributed by atoms with E-state index in [1.807, 2.05) is 0 Å². The molecule has 0 unspecified atom stereocenters. The maximum Gasteiger partial charge on any atom is 0.262 e. The van der Waals surface area contributed by atoms with E-state index in [4.69, 9.17) is 16.3 Å². The van der Waals surface area contributed by atoms with E-state index in [1.165, 1.54) is 42.5 Å². The molecule has 0 spiro atoms. The number of fused-ring (bicyclic) bond motifs is 1. The number of carbonyl (C=O) groups excluding carboxylic acids is 2. The lowest BCUT2D eigenvalue weighted by Gasteiger charge is -2.14. The number of rotatable bonds is 9. The van der Waals surface area contributed by atoms with Crippen molar-refractivity contribution < 1.29 is 31.5 Å². The molecule has 0 atom stereocenters. The number of halogens is 3. The molecule has 0 bridgehead atoms. The number of nitrogens with zero attached hydrogens (tertiary/aromatic N) is 2. The summed E-state index contributed by atoms with van der Waals surface area (Å²) in [5, 5.41) is 13.1. The SMILES string of the molecule is Cc1cc(S(=O)(=O)Nc2ccc3n[nH]nc3c2)ccc1NC(=O)COc1ccc(Cl)cc1C(=O)c1cc(F)cc(F)c1. The van der Waals surface area contributed by atoms with Crippen molar-refractivity contribution in [2.24, 2.45) is 0 Å². The highest BCUT2D eigenvalue weighted by molar-refractivity contribution is 7.92. The first-order chi connectivity index (χ1) is 20.0. The van der Waals surface area contributed by atoms with E-state index in [9.17, 15) is 26.8 Å². The van der Waals surface area contributed by atoms with Gasteiger partial charge in [-0.05, 0) is 79.2 Å². The Kier molecular flexibility index (Phi) is 7.87. The van der Waals surface area contributed by atoms with Crippen LogP contribution in [0.1, 0.15) is 21.5 Å². The van der Waals surface area contributed by atoms with Crippen LogP contribution in [0.4, 0.5) is 20.2 Å². The number of ketones is 1. The third kappa shape index (κ3) is 6.37. The van der Waals surface area contributed by atoms with Crippen molar-refractivity contribution in [3.8, 4) is 5.75 Å². The summed E-state index contributed by atoms with van der Waals surface area (Å²) in [6.07, 6.45) is 0. The molecule has 1 aromatic heterocycles. The van der Waals surface area contributed by atoms with E-state index < -0.39 is 40.0 Å². The minimum atomic E-state index is -3.96. The van der Waals surface area contributed by atoms with Crippen LogP contribution < -0.4 is 14.8 Å². The molecule has 1 heterocycles. The zero-order chi connectivity index (χ0) is 30.0. The number of aryl methyl sites for hydroxylation is 1. The lowest BCUT2D eigenvalue weighted by atomic mass is 10.0. The standard InChI is InChI=1S/C28H20ClF2N5O5S/c1-15-8-21(42(39,40)35-20-3-5-24-25(13-20)34-36-33-24)4-6-23(15)32-27(37)14-41-26-7-2-17(29)11-22(26)28(38)16-9-18(30)12-19(31)10-16/h2-13,35H,14H2,1H3,(H,32,37)(H,33,34,36). The van der Waals surface area contributed by atoms with E-state index in [-0.39, 0.29) is 26.8 Å². The van der Waals surface area contributed by atoms with E-state index in [2.05, 4.69) is 25.4 Å². The number of hydrogen-bond donors (Lipinski definition) is 3. The molecular weight excluding hydrogens is 592 g/mol. The Bertz CT molecular complexity index is 1950. The second-order valence-electron chi connectivity index (χ2n) is 9.07. The molecule has 0 aliphatic rings. The fourth-order valence-electron chi connectivity index (χ4n) is 4.04. The molecule has 1 amide bonds. The Hall–Kier alpha value is -4.88. The zero-order valence-electron chi connectivity index (χ0n) is 21.6. The summed E-state index contributed by atoms with van der Waals surface area (Å²) in [5.41, 5.74) is 1.79. The first-order valence-corrected chi connectivity index (χ1v) is 14.0. The van der Waals surface area contributed by atoms with Gasteiger partial charge in [0.1, 0.15) is 28.4 Å². The van der Waals surface area contributed by atoms with E-state index in [0.717, 1.165) is 12.1 Å². The van der Waals surface area contributed by atoms with Crippen molar-refractivity contribution in [2.75, 3.05) is 16.6 Å². The quantitative estimate of drug-likeness (QED) is 0.193. The molecule has 0 aliphatic heterocycles. The molecule has 0 radical (unpaired) electrons. The number of nitrogens with one attached hydrogen (secondary N) is 3. The van der Waals surface area contributed by atoms with Gasteiger partial charge < -0.3 is 10.1 Å². The normalized spacial score (nSPS) is 11.3. The Balaban J connectivity index is 1.26. The van der Waals surface area contributed by atoms with Crippen LogP contribution in [0.25, 0.3) is 11.0 Å². The number of aromatic nitrogens is 3. The lowest BCUT2D eigenvalue weighted by molar-refractivity contribution is -0.118. The summed E-state index contributed by atoms with van der Waals surface area (Å²) in [5.74, 6) is -3.26. The highest BCUT2D eigenvalue weighted by Gasteiger charge is 2.20. The minimum absolute atomic E-state index is 0.0303. The van der Waals surface area contributed by atoms with E-state index in [1.54, 1.807) is 19.1 Å². The van der Waals surface area contributed by atoms with Gasteiger partial charge >= 0.3 is 0 Å². The Morgan fingerprint density at radius 2 is 1.67 bits per heavy atom. The van der Waals surface area contributed by atoms with Crippen LogP contribution in [-0.2, 0) is 14.8 Å². The lowest BCUT2D eigenvalue weighted by Crippen LogP contribution is -2.21. The summed E-state index contributed by atoms with van der Waals surface area (Å²) in [6.45, 7) is 1.08. The van der Waals surface area contributed by atoms with Crippen LogP contribution in [-0.4, -0.2) is 42.1 Å². The Morgan fingerprint density at radius 1 is 0.929 bits per heavy atom. The first kappa shape index (κ1) is 28.6. The molecule has 0 saturated heterocycles. The molecular formula is C28H20ClF2N5O5S. The summed E-state index contributed by atoms with van der Waals surface area (Å²) in [6, 6.07) is 15.3. The van der Waals surface area contributed by atoms with E-state index >= 15 is 0 Å². The number of anilines is 2. The summed E-state index contributed by atoms with van der Waals surface area (Å²) >= 11 is 6.02. The van der Waals surface area contributed by atoms with Crippen LogP contribution in [0.5, 0.6) is 5.75 Å². The average molecular weight is 612 g/mol. The third-order valence-corrected chi connectivity index (χ3v) is 7.63. The van der Waals surface area contributed by atoms with Crippen molar-refractivity contribution in [3.63, 3.8) is 0 Å². The molecule has 4 aromatic carbocycles. The monoisotopic (exact) mass is 611 g/mol. The van der Waals surface area contributed by atoms with Gasteiger partial charge in [0.2, 0.25) is 0 Å². The van der Waals surface area contributed by atoms with Crippen LogP contribution >= 0.6 is 11.6 Å². The fourth-order valence-corrected chi connectivity index (χ4v) is 5.34. The second-order valence-corrected chi connectivity index (χ2v) is 11.2. The molecule has 0 saturated carbocycles. The topological polar surface area (TPSA) is 143 Å². The number of aromatic amines is 1. The zero-order valence-corrected chi connectivity index (χ0v) is 23.2.